The van der Waals surface area contributed by atoms with Crippen molar-refractivity contribution in [3.05, 3.63) is 48.0 Å². The molecule has 0 aliphatic carbocycles. The molecule has 0 amide bonds. The molecule has 0 aliphatic heterocycles. The van der Waals surface area contributed by atoms with Gasteiger partial charge in [-0.2, -0.15) is 0 Å². The van der Waals surface area contributed by atoms with Crippen LogP contribution in [-0.2, 0) is 6.61 Å². The first-order chi connectivity index (χ1) is 9.20. The van der Waals surface area contributed by atoms with Crippen molar-refractivity contribution in [1.82, 2.24) is 9.97 Å². The number of nitrogens with zero attached hydrogens (tertiary/aromatic N) is 2. The van der Waals surface area contributed by atoms with Crippen LogP contribution in [0.3, 0.4) is 0 Å². The first-order valence-corrected chi connectivity index (χ1v) is 5.78. The SMILES string of the molecule is COc1ccc(C(C)=O)c(OCc2ncccn2)c1. The highest BCUT2D eigenvalue weighted by Gasteiger charge is 2.10. The van der Waals surface area contributed by atoms with Gasteiger partial charge in [0.25, 0.3) is 0 Å². The Kier molecular flexibility index (Phi) is 4.07. The van der Waals surface area contributed by atoms with Gasteiger partial charge in [0.05, 0.1) is 12.7 Å². The van der Waals surface area contributed by atoms with E-state index in [0.717, 1.165) is 0 Å². The minimum absolute atomic E-state index is 0.0633. The van der Waals surface area contributed by atoms with Gasteiger partial charge in [0.2, 0.25) is 0 Å². The van der Waals surface area contributed by atoms with E-state index in [4.69, 9.17) is 9.47 Å². The molecule has 5 heteroatoms. The molecule has 1 aromatic carbocycles. The zero-order valence-electron chi connectivity index (χ0n) is 10.8. The Labute approximate surface area is 111 Å². The van der Waals surface area contributed by atoms with Crippen molar-refractivity contribution in [1.29, 1.82) is 0 Å². The van der Waals surface area contributed by atoms with Crippen molar-refractivity contribution < 1.29 is 14.3 Å². The zero-order valence-corrected chi connectivity index (χ0v) is 10.8. The molecule has 0 saturated heterocycles. The molecule has 0 saturated carbocycles. The van der Waals surface area contributed by atoms with Crippen molar-refractivity contribution in [2.45, 2.75) is 13.5 Å². The summed E-state index contributed by atoms with van der Waals surface area (Å²) in [5.41, 5.74) is 0.511. The molecule has 98 valence electrons. The van der Waals surface area contributed by atoms with Crippen molar-refractivity contribution in [2.75, 3.05) is 7.11 Å². The van der Waals surface area contributed by atoms with E-state index in [1.165, 1.54) is 6.92 Å². The molecule has 0 spiro atoms. The van der Waals surface area contributed by atoms with Crippen molar-refractivity contribution in [3.8, 4) is 11.5 Å². The van der Waals surface area contributed by atoms with Gasteiger partial charge < -0.3 is 9.47 Å². The Morgan fingerprint density at radius 1 is 1.26 bits per heavy atom. The number of hydrogen-bond donors (Lipinski definition) is 0. The second-order valence-electron chi connectivity index (χ2n) is 3.87. The van der Waals surface area contributed by atoms with Crippen LogP contribution in [0, 0.1) is 0 Å². The second kappa shape index (κ2) is 5.95. The molecule has 0 bridgehead atoms. The minimum atomic E-state index is -0.0633. The highest BCUT2D eigenvalue weighted by molar-refractivity contribution is 5.97. The summed E-state index contributed by atoms with van der Waals surface area (Å²) in [6.45, 7) is 1.70. The van der Waals surface area contributed by atoms with Crippen LogP contribution >= 0.6 is 0 Å². The first-order valence-electron chi connectivity index (χ1n) is 5.78. The number of carbonyl (C=O) groups is 1. The molecule has 1 aromatic heterocycles. The molecule has 0 aliphatic rings. The van der Waals surface area contributed by atoms with E-state index in [1.54, 1.807) is 43.8 Å². The maximum absolute atomic E-state index is 11.5. The third-order valence-corrected chi connectivity index (χ3v) is 2.54. The minimum Gasteiger partial charge on any atom is -0.497 e. The first kappa shape index (κ1) is 13.0. The summed E-state index contributed by atoms with van der Waals surface area (Å²) < 4.78 is 10.7. The fourth-order valence-electron chi connectivity index (χ4n) is 1.59. The monoisotopic (exact) mass is 258 g/mol. The summed E-state index contributed by atoms with van der Waals surface area (Å²) in [5, 5.41) is 0. The average Bonchev–Trinajstić information content (AvgIpc) is 2.45. The molecular formula is C14H14N2O3. The highest BCUT2D eigenvalue weighted by Crippen LogP contribution is 2.25. The van der Waals surface area contributed by atoms with Crippen LogP contribution in [0.5, 0.6) is 11.5 Å². The van der Waals surface area contributed by atoms with E-state index in [2.05, 4.69) is 9.97 Å². The van der Waals surface area contributed by atoms with E-state index in [1.807, 2.05) is 0 Å². The molecule has 5 nitrogen and oxygen atoms in total. The van der Waals surface area contributed by atoms with Gasteiger partial charge >= 0.3 is 0 Å². The van der Waals surface area contributed by atoms with Gasteiger partial charge in [-0.25, -0.2) is 9.97 Å². The molecule has 0 unspecified atom stereocenters. The summed E-state index contributed by atoms with van der Waals surface area (Å²) in [6, 6.07) is 6.82. The van der Waals surface area contributed by atoms with Gasteiger partial charge in [0.1, 0.15) is 18.1 Å². The van der Waals surface area contributed by atoms with Gasteiger partial charge in [-0.3, -0.25) is 4.79 Å². The third kappa shape index (κ3) is 3.28. The predicted octanol–water partition coefficient (Wildman–Crippen LogP) is 2.27. The largest absolute Gasteiger partial charge is 0.497 e. The number of aromatic nitrogens is 2. The summed E-state index contributed by atoms with van der Waals surface area (Å²) in [4.78, 5) is 19.6. The summed E-state index contributed by atoms with van der Waals surface area (Å²) in [6.07, 6.45) is 3.28. The quantitative estimate of drug-likeness (QED) is 0.770. The fourth-order valence-corrected chi connectivity index (χ4v) is 1.59. The highest BCUT2D eigenvalue weighted by atomic mass is 16.5. The van der Waals surface area contributed by atoms with Crippen LogP contribution in [0.2, 0.25) is 0 Å². The van der Waals surface area contributed by atoms with Crippen LogP contribution < -0.4 is 9.47 Å². The number of rotatable bonds is 5. The number of methoxy groups -OCH3 is 1. The Balaban J connectivity index is 2.20. The third-order valence-electron chi connectivity index (χ3n) is 2.54. The predicted molar refractivity (Wildman–Crippen MR) is 69.4 cm³/mol. The van der Waals surface area contributed by atoms with Gasteiger partial charge in [-0.05, 0) is 25.1 Å². The molecular weight excluding hydrogens is 244 g/mol. The van der Waals surface area contributed by atoms with Crippen molar-refractivity contribution >= 4 is 5.78 Å². The molecule has 0 N–H and O–H groups in total. The fraction of sp³-hybridized carbons (Fsp3) is 0.214. The summed E-state index contributed by atoms with van der Waals surface area (Å²) >= 11 is 0. The molecule has 2 aromatic rings. The van der Waals surface area contributed by atoms with Gasteiger partial charge in [-0.15, -0.1) is 0 Å². The van der Waals surface area contributed by atoms with E-state index in [-0.39, 0.29) is 12.4 Å². The maximum atomic E-state index is 11.5. The number of ether oxygens (including phenoxy) is 2. The molecule has 1 heterocycles. The second-order valence-corrected chi connectivity index (χ2v) is 3.87. The van der Waals surface area contributed by atoms with E-state index in [9.17, 15) is 4.79 Å². The van der Waals surface area contributed by atoms with Crippen LogP contribution in [0.4, 0.5) is 0 Å². The number of Topliss-reactive ketones (excluding diaryl/α,β-unsaturated/α-hetero) is 1. The van der Waals surface area contributed by atoms with Crippen molar-refractivity contribution in [2.24, 2.45) is 0 Å². The zero-order chi connectivity index (χ0) is 13.7. The molecule has 0 radical (unpaired) electrons. The van der Waals surface area contributed by atoms with Crippen LogP contribution in [-0.4, -0.2) is 22.9 Å². The lowest BCUT2D eigenvalue weighted by Gasteiger charge is -2.10. The Morgan fingerprint density at radius 2 is 2.00 bits per heavy atom. The summed E-state index contributed by atoms with van der Waals surface area (Å²) in [7, 11) is 1.56. The topological polar surface area (TPSA) is 61.3 Å². The van der Waals surface area contributed by atoms with Gasteiger partial charge in [0.15, 0.2) is 11.6 Å². The maximum Gasteiger partial charge on any atom is 0.166 e. The molecule has 0 atom stereocenters. The molecule has 2 rings (SSSR count). The normalized spacial score (nSPS) is 10.0. The molecule has 19 heavy (non-hydrogen) atoms. The Hall–Kier alpha value is -2.43. The lowest BCUT2D eigenvalue weighted by Crippen LogP contribution is -2.04. The Morgan fingerprint density at radius 3 is 2.63 bits per heavy atom. The Bertz CT molecular complexity index is 570. The number of carbonyl (C=O) groups excluding carboxylic acids is 1. The lowest BCUT2D eigenvalue weighted by atomic mass is 10.1. The van der Waals surface area contributed by atoms with E-state index < -0.39 is 0 Å². The smallest absolute Gasteiger partial charge is 0.166 e. The van der Waals surface area contributed by atoms with Gasteiger partial charge in [-0.1, -0.05) is 0 Å². The summed E-state index contributed by atoms with van der Waals surface area (Å²) in [5.74, 6) is 1.60. The number of ketones is 1. The lowest BCUT2D eigenvalue weighted by molar-refractivity contribution is 0.101. The average molecular weight is 258 g/mol. The van der Waals surface area contributed by atoms with Crippen LogP contribution in [0.1, 0.15) is 23.1 Å². The number of benzene rings is 1. The van der Waals surface area contributed by atoms with Crippen LogP contribution in [0.15, 0.2) is 36.7 Å². The van der Waals surface area contributed by atoms with Crippen molar-refractivity contribution in [3.63, 3.8) is 0 Å². The van der Waals surface area contributed by atoms with E-state index >= 15 is 0 Å². The number of hydrogen-bond acceptors (Lipinski definition) is 5. The van der Waals surface area contributed by atoms with E-state index in [0.29, 0.717) is 22.9 Å². The standard InChI is InChI=1S/C14H14N2O3/c1-10(17)12-5-4-11(18-2)8-13(12)19-9-14-15-6-3-7-16-14/h3-8H,9H2,1-2H3. The molecule has 0 fully saturated rings. The van der Waals surface area contributed by atoms with Gasteiger partial charge in [0, 0.05) is 18.5 Å². The van der Waals surface area contributed by atoms with Crippen LogP contribution in [0.25, 0.3) is 0 Å².